The van der Waals surface area contributed by atoms with E-state index in [0.29, 0.717) is 11.1 Å². The first-order valence-corrected chi connectivity index (χ1v) is 6.41. The molecule has 20 heavy (non-hydrogen) atoms. The van der Waals surface area contributed by atoms with Gasteiger partial charge in [0.05, 0.1) is 15.9 Å². The Morgan fingerprint density at radius 3 is 2.75 bits per heavy atom. The Morgan fingerprint density at radius 2 is 2.10 bits per heavy atom. The smallest absolute Gasteiger partial charge is 0.295 e. The lowest BCUT2D eigenvalue weighted by Crippen LogP contribution is -2.30. The normalized spacial score (nSPS) is 10.5. The van der Waals surface area contributed by atoms with E-state index in [4.69, 9.17) is 0 Å². The van der Waals surface area contributed by atoms with Crippen LogP contribution in [-0.4, -0.2) is 14.5 Å². The highest BCUT2D eigenvalue weighted by molar-refractivity contribution is 9.10. The first-order valence-electron chi connectivity index (χ1n) is 5.62. The average Bonchev–Trinajstić information content (AvgIpc) is 2.37. The molecule has 0 aliphatic heterocycles. The highest BCUT2D eigenvalue weighted by Crippen LogP contribution is 2.21. The fourth-order valence-electron chi connectivity index (χ4n) is 1.82. The molecule has 0 saturated carbocycles. The van der Waals surface area contributed by atoms with Crippen LogP contribution in [0.5, 0.6) is 0 Å². The lowest BCUT2D eigenvalue weighted by molar-refractivity contribution is -0.385. The van der Waals surface area contributed by atoms with Crippen LogP contribution in [0.1, 0.15) is 11.1 Å². The molecule has 0 saturated heterocycles. The third-order valence-corrected chi connectivity index (χ3v) is 3.49. The first kappa shape index (κ1) is 14.2. The molecule has 7 nitrogen and oxygen atoms in total. The Labute approximate surface area is 121 Å². The van der Waals surface area contributed by atoms with E-state index in [2.05, 4.69) is 20.9 Å². The molecular weight excluding hydrogens is 330 g/mol. The van der Waals surface area contributed by atoms with E-state index in [-0.39, 0.29) is 16.7 Å². The summed E-state index contributed by atoms with van der Waals surface area (Å²) < 4.78 is 1.50. The van der Waals surface area contributed by atoms with Crippen LogP contribution >= 0.6 is 15.9 Å². The van der Waals surface area contributed by atoms with Gasteiger partial charge in [-0.15, -0.1) is 0 Å². The summed E-state index contributed by atoms with van der Waals surface area (Å²) in [6, 6.07) is 4.67. The SMILES string of the molecule is Cc1c(Cn2cc(Br)c(=O)[nH]c2=O)cccc1[N+](=O)[O-]. The predicted molar refractivity (Wildman–Crippen MR) is 76.0 cm³/mol. The van der Waals surface area contributed by atoms with Crippen molar-refractivity contribution in [2.24, 2.45) is 0 Å². The van der Waals surface area contributed by atoms with Gasteiger partial charge in [-0.25, -0.2) is 4.79 Å². The minimum atomic E-state index is -0.566. The number of aromatic nitrogens is 2. The van der Waals surface area contributed by atoms with Crippen LogP contribution in [0.3, 0.4) is 0 Å². The number of nitrogens with one attached hydrogen (secondary N) is 1. The van der Waals surface area contributed by atoms with Gasteiger partial charge in [-0.2, -0.15) is 0 Å². The minimum Gasteiger partial charge on any atom is -0.295 e. The van der Waals surface area contributed by atoms with Gasteiger partial charge < -0.3 is 0 Å². The molecule has 1 aromatic heterocycles. The van der Waals surface area contributed by atoms with E-state index in [1.54, 1.807) is 19.1 Å². The monoisotopic (exact) mass is 339 g/mol. The third-order valence-electron chi connectivity index (χ3n) is 2.92. The first-order chi connectivity index (χ1) is 9.40. The summed E-state index contributed by atoms with van der Waals surface area (Å²) in [6.07, 6.45) is 1.36. The molecule has 2 rings (SSSR count). The molecule has 0 fully saturated rings. The van der Waals surface area contributed by atoms with Crippen molar-refractivity contribution in [2.45, 2.75) is 13.5 Å². The summed E-state index contributed by atoms with van der Waals surface area (Å²) in [5, 5.41) is 10.9. The van der Waals surface area contributed by atoms with E-state index in [9.17, 15) is 19.7 Å². The molecule has 0 unspecified atom stereocenters. The Morgan fingerprint density at radius 1 is 1.40 bits per heavy atom. The molecule has 2 aromatic rings. The number of nitro benzene ring substituents is 1. The number of nitro groups is 1. The second kappa shape index (κ2) is 5.41. The van der Waals surface area contributed by atoms with Crippen LogP contribution in [0, 0.1) is 17.0 Å². The average molecular weight is 340 g/mol. The van der Waals surface area contributed by atoms with Crippen molar-refractivity contribution in [3.8, 4) is 0 Å². The number of hydrogen-bond donors (Lipinski definition) is 1. The zero-order valence-corrected chi connectivity index (χ0v) is 12.0. The topological polar surface area (TPSA) is 98.0 Å². The number of nitrogens with zero attached hydrogens (tertiary/aromatic N) is 2. The van der Waals surface area contributed by atoms with Gasteiger partial charge >= 0.3 is 5.69 Å². The number of aromatic amines is 1. The van der Waals surface area contributed by atoms with Crippen molar-refractivity contribution in [3.05, 3.63) is 70.9 Å². The summed E-state index contributed by atoms with van der Waals surface area (Å²) in [6.45, 7) is 1.76. The van der Waals surface area contributed by atoms with Crippen molar-refractivity contribution in [1.82, 2.24) is 9.55 Å². The van der Waals surface area contributed by atoms with E-state index in [1.165, 1.54) is 16.8 Å². The summed E-state index contributed by atoms with van der Waals surface area (Å²) in [4.78, 5) is 35.5. The van der Waals surface area contributed by atoms with Gasteiger partial charge in [0.2, 0.25) is 0 Å². The van der Waals surface area contributed by atoms with Crippen molar-refractivity contribution in [2.75, 3.05) is 0 Å². The van der Waals surface area contributed by atoms with Crippen LogP contribution in [0.25, 0.3) is 0 Å². The van der Waals surface area contributed by atoms with Crippen molar-refractivity contribution >= 4 is 21.6 Å². The molecule has 1 aromatic carbocycles. The van der Waals surface area contributed by atoms with Crippen LogP contribution in [0.15, 0.2) is 38.5 Å². The van der Waals surface area contributed by atoms with Gasteiger partial charge in [-0.05, 0) is 28.4 Å². The molecule has 0 aliphatic carbocycles. The second-order valence-corrected chi connectivity index (χ2v) is 5.04. The molecule has 1 N–H and O–H groups in total. The van der Waals surface area contributed by atoms with Gasteiger partial charge in [-0.1, -0.05) is 12.1 Å². The minimum absolute atomic E-state index is 0.000890. The number of H-pyrrole nitrogens is 1. The number of benzene rings is 1. The van der Waals surface area contributed by atoms with Crippen molar-refractivity contribution in [1.29, 1.82) is 0 Å². The maximum Gasteiger partial charge on any atom is 0.328 e. The largest absolute Gasteiger partial charge is 0.328 e. The van der Waals surface area contributed by atoms with E-state index < -0.39 is 16.2 Å². The molecule has 104 valence electrons. The van der Waals surface area contributed by atoms with Gasteiger partial charge in [0.15, 0.2) is 0 Å². The molecule has 0 spiro atoms. The summed E-state index contributed by atoms with van der Waals surface area (Å²) >= 11 is 3.04. The Balaban J connectivity index is 2.48. The quantitative estimate of drug-likeness (QED) is 0.677. The predicted octanol–water partition coefficient (Wildman–Crippen LogP) is 1.56. The van der Waals surface area contributed by atoms with Crippen molar-refractivity contribution < 1.29 is 4.92 Å². The van der Waals surface area contributed by atoms with Crippen LogP contribution in [-0.2, 0) is 6.54 Å². The van der Waals surface area contributed by atoms with E-state index >= 15 is 0 Å². The molecule has 1 heterocycles. The van der Waals surface area contributed by atoms with Crippen LogP contribution < -0.4 is 11.2 Å². The number of hydrogen-bond acceptors (Lipinski definition) is 4. The summed E-state index contributed by atoms with van der Waals surface area (Å²) in [5.41, 5.74) is 0.0529. The second-order valence-electron chi connectivity index (χ2n) is 4.18. The van der Waals surface area contributed by atoms with Gasteiger partial charge in [0.25, 0.3) is 11.2 Å². The highest BCUT2D eigenvalue weighted by atomic mass is 79.9. The van der Waals surface area contributed by atoms with Crippen LogP contribution in [0.2, 0.25) is 0 Å². The molecule has 0 bridgehead atoms. The Hall–Kier alpha value is -2.22. The summed E-state index contributed by atoms with van der Waals surface area (Å²) in [5.74, 6) is 0. The number of halogens is 1. The lowest BCUT2D eigenvalue weighted by atomic mass is 10.1. The number of rotatable bonds is 3. The highest BCUT2D eigenvalue weighted by Gasteiger charge is 2.14. The lowest BCUT2D eigenvalue weighted by Gasteiger charge is -2.08. The van der Waals surface area contributed by atoms with Crippen molar-refractivity contribution in [3.63, 3.8) is 0 Å². The fraction of sp³-hybridized carbons (Fsp3) is 0.167. The Bertz CT molecular complexity index is 794. The zero-order valence-electron chi connectivity index (χ0n) is 10.4. The molecule has 0 atom stereocenters. The summed E-state index contributed by atoms with van der Waals surface area (Å²) in [7, 11) is 0. The standard InChI is InChI=1S/C12H10BrN3O4/c1-7-8(3-2-4-10(7)16(19)20)5-15-6-9(13)11(17)14-12(15)18/h2-4,6H,5H2,1H3,(H,14,17,18). The van der Waals surface area contributed by atoms with Gasteiger partial charge in [0.1, 0.15) is 0 Å². The molecule has 0 aliphatic rings. The third kappa shape index (κ3) is 2.69. The maximum absolute atomic E-state index is 11.7. The zero-order chi connectivity index (χ0) is 14.9. The molecule has 0 radical (unpaired) electrons. The Kier molecular flexibility index (Phi) is 3.84. The van der Waals surface area contributed by atoms with Gasteiger partial charge in [-0.3, -0.25) is 24.5 Å². The van der Waals surface area contributed by atoms with E-state index in [0.717, 1.165) is 0 Å². The molecule has 8 heteroatoms. The molecule has 0 amide bonds. The molecular formula is C12H10BrN3O4. The van der Waals surface area contributed by atoms with E-state index in [1.807, 2.05) is 0 Å². The van der Waals surface area contributed by atoms with Crippen LogP contribution in [0.4, 0.5) is 5.69 Å². The maximum atomic E-state index is 11.7. The van der Waals surface area contributed by atoms with Gasteiger partial charge in [0, 0.05) is 17.8 Å². The fourth-order valence-corrected chi connectivity index (χ4v) is 2.17.